The van der Waals surface area contributed by atoms with Gasteiger partial charge in [-0.15, -0.1) is 0 Å². The summed E-state index contributed by atoms with van der Waals surface area (Å²) in [5.41, 5.74) is 5.82. The molecule has 0 aliphatic carbocycles. The van der Waals surface area contributed by atoms with Gasteiger partial charge in [0.15, 0.2) is 0 Å². The first-order valence-electron chi connectivity index (χ1n) is 4.55. The van der Waals surface area contributed by atoms with Crippen molar-refractivity contribution in [1.29, 1.82) is 0 Å². The van der Waals surface area contributed by atoms with Gasteiger partial charge >= 0.3 is 0 Å². The van der Waals surface area contributed by atoms with Gasteiger partial charge in [0, 0.05) is 24.4 Å². The highest BCUT2D eigenvalue weighted by molar-refractivity contribution is 5.31. The third-order valence-electron chi connectivity index (χ3n) is 3.45. The van der Waals surface area contributed by atoms with Crippen molar-refractivity contribution >= 4 is 0 Å². The monoisotopic (exact) mass is 165 g/mol. The van der Waals surface area contributed by atoms with Gasteiger partial charge in [-0.1, -0.05) is 6.92 Å². The van der Waals surface area contributed by atoms with Crippen molar-refractivity contribution in [3.63, 3.8) is 0 Å². The summed E-state index contributed by atoms with van der Waals surface area (Å²) in [7, 11) is 2.14. The third kappa shape index (κ3) is 1.17. The molecule has 1 nitrogen and oxygen atoms in total. The Morgan fingerprint density at radius 3 is 1.58 bits per heavy atom. The van der Waals surface area contributed by atoms with E-state index in [1.165, 1.54) is 22.5 Å². The zero-order chi connectivity index (χ0) is 9.46. The SMILES string of the molecule is CC1=C(C)N(C)C(C)=C(C)C1C. The van der Waals surface area contributed by atoms with Gasteiger partial charge in [0.25, 0.3) is 0 Å². The van der Waals surface area contributed by atoms with E-state index < -0.39 is 0 Å². The Bertz CT molecular complexity index is 206. The fourth-order valence-corrected chi connectivity index (χ4v) is 1.73. The summed E-state index contributed by atoms with van der Waals surface area (Å²) in [5.74, 6) is 0.626. The van der Waals surface area contributed by atoms with Crippen LogP contribution in [0.4, 0.5) is 0 Å². The predicted molar refractivity (Wildman–Crippen MR) is 53.7 cm³/mol. The summed E-state index contributed by atoms with van der Waals surface area (Å²) in [6, 6.07) is 0. The zero-order valence-electron chi connectivity index (χ0n) is 9.02. The molecule has 0 N–H and O–H groups in total. The first-order valence-corrected chi connectivity index (χ1v) is 4.55. The van der Waals surface area contributed by atoms with Crippen LogP contribution >= 0.6 is 0 Å². The van der Waals surface area contributed by atoms with Gasteiger partial charge in [-0.05, 0) is 38.8 Å². The van der Waals surface area contributed by atoms with Crippen molar-refractivity contribution in [1.82, 2.24) is 4.90 Å². The summed E-state index contributed by atoms with van der Waals surface area (Å²) >= 11 is 0. The van der Waals surface area contributed by atoms with E-state index in [1.807, 2.05) is 0 Å². The molecule has 68 valence electrons. The highest BCUT2D eigenvalue weighted by Crippen LogP contribution is 2.32. The van der Waals surface area contributed by atoms with Gasteiger partial charge in [-0.2, -0.15) is 0 Å². The van der Waals surface area contributed by atoms with Crippen LogP contribution in [-0.2, 0) is 0 Å². The molecule has 1 heterocycles. The standard InChI is InChI=1S/C11H19N/c1-7-8(2)10(4)12(6)11(5)9(7)3/h7H,1-6H3. The maximum absolute atomic E-state index is 2.28. The summed E-state index contributed by atoms with van der Waals surface area (Å²) in [4.78, 5) is 2.28. The van der Waals surface area contributed by atoms with Crippen molar-refractivity contribution in [3.8, 4) is 0 Å². The number of nitrogens with zero attached hydrogens (tertiary/aromatic N) is 1. The number of allylic oxidation sites excluding steroid dienone is 4. The van der Waals surface area contributed by atoms with Crippen molar-refractivity contribution in [2.45, 2.75) is 34.6 Å². The van der Waals surface area contributed by atoms with Crippen LogP contribution in [0, 0.1) is 5.92 Å². The Morgan fingerprint density at radius 2 is 1.25 bits per heavy atom. The minimum absolute atomic E-state index is 0.626. The van der Waals surface area contributed by atoms with Crippen LogP contribution in [0.3, 0.4) is 0 Å². The maximum Gasteiger partial charge on any atom is 0.0137 e. The zero-order valence-corrected chi connectivity index (χ0v) is 9.02. The molecular formula is C11H19N. The molecule has 0 saturated carbocycles. The molecule has 12 heavy (non-hydrogen) atoms. The lowest BCUT2D eigenvalue weighted by Crippen LogP contribution is -2.24. The number of rotatable bonds is 0. The highest BCUT2D eigenvalue weighted by Gasteiger charge is 2.20. The van der Waals surface area contributed by atoms with E-state index in [0.29, 0.717) is 5.92 Å². The summed E-state index contributed by atoms with van der Waals surface area (Å²) < 4.78 is 0. The van der Waals surface area contributed by atoms with Gasteiger partial charge in [0.05, 0.1) is 0 Å². The van der Waals surface area contributed by atoms with E-state index in [4.69, 9.17) is 0 Å². The molecular weight excluding hydrogens is 146 g/mol. The van der Waals surface area contributed by atoms with E-state index in [1.54, 1.807) is 0 Å². The molecule has 0 aromatic rings. The van der Waals surface area contributed by atoms with E-state index in [2.05, 4.69) is 46.6 Å². The maximum atomic E-state index is 2.28. The second kappa shape index (κ2) is 2.96. The van der Waals surface area contributed by atoms with Crippen molar-refractivity contribution in [3.05, 3.63) is 22.5 Å². The van der Waals surface area contributed by atoms with E-state index in [0.717, 1.165) is 0 Å². The molecule has 0 aromatic carbocycles. The second-order valence-electron chi connectivity index (χ2n) is 3.82. The third-order valence-corrected chi connectivity index (χ3v) is 3.45. The smallest absolute Gasteiger partial charge is 0.0137 e. The van der Waals surface area contributed by atoms with Crippen molar-refractivity contribution < 1.29 is 0 Å². The normalized spacial score (nSPS) is 21.0. The number of hydrogen-bond acceptors (Lipinski definition) is 1. The molecule has 0 spiro atoms. The predicted octanol–water partition coefficient (Wildman–Crippen LogP) is 3.16. The topological polar surface area (TPSA) is 3.24 Å². The average Bonchev–Trinajstić information content (AvgIpc) is 2.08. The molecule has 0 fully saturated rings. The van der Waals surface area contributed by atoms with Crippen LogP contribution in [0.2, 0.25) is 0 Å². The molecule has 0 amide bonds. The molecule has 1 aliphatic heterocycles. The molecule has 1 rings (SSSR count). The molecule has 0 aromatic heterocycles. The quantitative estimate of drug-likeness (QED) is 0.533. The van der Waals surface area contributed by atoms with Crippen LogP contribution in [0.1, 0.15) is 34.6 Å². The Morgan fingerprint density at radius 1 is 0.917 bits per heavy atom. The molecule has 0 radical (unpaired) electrons. The Hall–Kier alpha value is -0.720. The van der Waals surface area contributed by atoms with E-state index in [-0.39, 0.29) is 0 Å². The summed E-state index contributed by atoms with van der Waals surface area (Å²) in [6.45, 7) is 11.1. The summed E-state index contributed by atoms with van der Waals surface area (Å²) in [5, 5.41) is 0. The fourth-order valence-electron chi connectivity index (χ4n) is 1.73. The molecule has 1 heteroatoms. The van der Waals surface area contributed by atoms with Crippen molar-refractivity contribution in [2.75, 3.05) is 7.05 Å². The van der Waals surface area contributed by atoms with Crippen LogP contribution in [0.5, 0.6) is 0 Å². The molecule has 0 bridgehead atoms. The first kappa shape index (κ1) is 9.37. The minimum atomic E-state index is 0.626. The molecule has 0 saturated heterocycles. The highest BCUT2D eigenvalue weighted by atomic mass is 15.1. The van der Waals surface area contributed by atoms with E-state index in [9.17, 15) is 0 Å². The van der Waals surface area contributed by atoms with Gasteiger partial charge in [-0.3, -0.25) is 0 Å². The van der Waals surface area contributed by atoms with Gasteiger partial charge in [0.2, 0.25) is 0 Å². The lowest BCUT2D eigenvalue weighted by atomic mass is 9.88. The van der Waals surface area contributed by atoms with E-state index >= 15 is 0 Å². The lowest BCUT2D eigenvalue weighted by Gasteiger charge is -2.33. The fraction of sp³-hybridized carbons (Fsp3) is 0.636. The molecule has 0 atom stereocenters. The minimum Gasteiger partial charge on any atom is -0.352 e. The summed E-state index contributed by atoms with van der Waals surface area (Å²) in [6.07, 6.45) is 0. The van der Waals surface area contributed by atoms with Crippen LogP contribution in [-0.4, -0.2) is 11.9 Å². The molecule has 0 unspecified atom stereocenters. The van der Waals surface area contributed by atoms with Gasteiger partial charge in [-0.25, -0.2) is 0 Å². The Kier molecular flexibility index (Phi) is 2.31. The van der Waals surface area contributed by atoms with Gasteiger partial charge in [0.1, 0.15) is 0 Å². The first-order chi connectivity index (χ1) is 5.46. The Labute approximate surface area is 75.8 Å². The van der Waals surface area contributed by atoms with Gasteiger partial charge < -0.3 is 4.90 Å². The average molecular weight is 165 g/mol. The largest absolute Gasteiger partial charge is 0.352 e. The number of hydrogen-bond donors (Lipinski definition) is 0. The molecule has 1 aliphatic rings. The Balaban J connectivity index is 3.13. The van der Waals surface area contributed by atoms with Crippen LogP contribution < -0.4 is 0 Å². The van der Waals surface area contributed by atoms with Crippen LogP contribution in [0.25, 0.3) is 0 Å². The second-order valence-corrected chi connectivity index (χ2v) is 3.82. The van der Waals surface area contributed by atoms with Crippen LogP contribution in [0.15, 0.2) is 22.5 Å². The lowest BCUT2D eigenvalue weighted by molar-refractivity contribution is 0.468. The van der Waals surface area contributed by atoms with Crippen molar-refractivity contribution in [2.24, 2.45) is 5.92 Å².